The van der Waals surface area contributed by atoms with E-state index < -0.39 is 0 Å². The number of aryl methyl sites for hydroxylation is 2. The van der Waals surface area contributed by atoms with Crippen LogP contribution in [0.3, 0.4) is 0 Å². The number of phenols is 1. The Balaban J connectivity index is 1.65. The summed E-state index contributed by atoms with van der Waals surface area (Å²) in [6.07, 6.45) is 6.58. The van der Waals surface area contributed by atoms with E-state index in [0.717, 1.165) is 60.9 Å². The molecule has 1 aromatic carbocycles. The van der Waals surface area contributed by atoms with Crippen LogP contribution >= 0.6 is 0 Å². The van der Waals surface area contributed by atoms with Crippen molar-refractivity contribution in [1.82, 2.24) is 19.6 Å². The van der Waals surface area contributed by atoms with Crippen LogP contribution in [0.15, 0.2) is 59.5 Å². The predicted octanol–water partition coefficient (Wildman–Crippen LogP) is 3.79. The summed E-state index contributed by atoms with van der Waals surface area (Å²) in [4.78, 5) is 6.82. The lowest BCUT2D eigenvalue weighted by molar-refractivity contribution is 0.355. The Hall–Kier alpha value is -3.45. The lowest BCUT2D eigenvalue weighted by atomic mass is 10.0. The molecule has 0 atom stereocenters. The van der Waals surface area contributed by atoms with Crippen molar-refractivity contribution >= 4 is 17.2 Å². The molecule has 2 aromatic heterocycles. The van der Waals surface area contributed by atoms with Crippen LogP contribution in [0.5, 0.6) is 5.75 Å². The van der Waals surface area contributed by atoms with Gasteiger partial charge < -0.3 is 19.7 Å². The average molecular weight is 431 g/mol. The number of hydrogen-bond acceptors (Lipinski definition) is 5. The summed E-state index contributed by atoms with van der Waals surface area (Å²) in [6, 6.07) is 7.77. The summed E-state index contributed by atoms with van der Waals surface area (Å²) in [5.41, 5.74) is 6.24. The van der Waals surface area contributed by atoms with E-state index in [9.17, 15) is 5.11 Å². The number of pyridine rings is 1. The monoisotopic (exact) mass is 430 g/mol. The van der Waals surface area contributed by atoms with Crippen LogP contribution in [0, 0.1) is 6.92 Å². The molecule has 0 unspecified atom stereocenters. The molecule has 0 saturated carbocycles. The summed E-state index contributed by atoms with van der Waals surface area (Å²) < 4.78 is 2.05. The lowest BCUT2D eigenvalue weighted by Crippen LogP contribution is -2.45. The van der Waals surface area contributed by atoms with Crippen LogP contribution in [0.25, 0.3) is 16.8 Å². The number of rotatable bonds is 5. The zero-order valence-electron chi connectivity index (χ0n) is 19.0. The summed E-state index contributed by atoms with van der Waals surface area (Å²) in [5.74, 6) is 1.01. The molecule has 32 heavy (non-hydrogen) atoms. The largest absolute Gasteiger partial charge is 0.507 e. The van der Waals surface area contributed by atoms with Gasteiger partial charge in [0, 0.05) is 44.1 Å². The van der Waals surface area contributed by atoms with Crippen LogP contribution in [0.2, 0.25) is 0 Å². The molecular formula is C25H30N6O. The molecule has 3 heterocycles. The van der Waals surface area contributed by atoms with Crippen molar-refractivity contribution in [2.75, 3.05) is 26.2 Å². The van der Waals surface area contributed by atoms with Crippen LogP contribution in [-0.4, -0.2) is 57.1 Å². The van der Waals surface area contributed by atoms with Crippen LogP contribution in [0.4, 0.5) is 0 Å². The van der Waals surface area contributed by atoms with Crippen molar-refractivity contribution < 1.29 is 5.11 Å². The molecule has 0 radical (unpaired) electrons. The SMILES string of the molecule is C=C/C(=N\N=C(/C)N1CCNCC1)c1ccc(-c2cc(CC)c3nc(C)cn3c2)cc1O. The van der Waals surface area contributed by atoms with E-state index in [1.54, 1.807) is 12.1 Å². The first-order chi connectivity index (χ1) is 15.5. The Morgan fingerprint density at radius 2 is 1.97 bits per heavy atom. The number of fused-ring (bicyclic) bond motifs is 1. The van der Waals surface area contributed by atoms with E-state index in [2.05, 4.69) is 49.4 Å². The van der Waals surface area contributed by atoms with Crippen LogP contribution in [0.1, 0.15) is 30.7 Å². The Morgan fingerprint density at radius 1 is 1.19 bits per heavy atom. The minimum atomic E-state index is 0.149. The molecule has 1 aliphatic heterocycles. The van der Waals surface area contributed by atoms with Gasteiger partial charge in [-0.05, 0) is 61.2 Å². The molecule has 7 heteroatoms. The van der Waals surface area contributed by atoms with Gasteiger partial charge in [-0.1, -0.05) is 19.6 Å². The number of piperazine rings is 1. The maximum absolute atomic E-state index is 10.8. The number of aromatic nitrogens is 2. The van der Waals surface area contributed by atoms with Gasteiger partial charge in [-0.25, -0.2) is 4.98 Å². The lowest BCUT2D eigenvalue weighted by Gasteiger charge is -2.28. The minimum absolute atomic E-state index is 0.149. The third kappa shape index (κ3) is 4.43. The van der Waals surface area contributed by atoms with Gasteiger partial charge in [-0.15, -0.1) is 10.2 Å². The average Bonchev–Trinajstić information content (AvgIpc) is 3.20. The Morgan fingerprint density at radius 3 is 2.66 bits per heavy atom. The highest BCUT2D eigenvalue weighted by molar-refractivity contribution is 6.10. The van der Waals surface area contributed by atoms with E-state index in [1.165, 1.54) is 5.56 Å². The van der Waals surface area contributed by atoms with E-state index in [-0.39, 0.29) is 5.75 Å². The first-order valence-electron chi connectivity index (χ1n) is 11.0. The van der Waals surface area contributed by atoms with Crippen molar-refractivity contribution in [3.63, 3.8) is 0 Å². The first-order valence-corrected chi connectivity index (χ1v) is 11.0. The molecule has 0 spiro atoms. The molecule has 3 aromatic rings. The molecule has 2 N–H and O–H groups in total. The molecule has 4 rings (SSSR count). The van der Waals surface area contributed by atoms with Gasteiger partial charge in [0.15, 0.2) is 0 Å². The maximum Gasteiger partial charge on any atom is 0.140 e. The van der Waals surface area contributed by atoms with Crippen LogP contribution < -0.4 is 5.32 Å². The van der Waals surface area contributed by atoms with Gasteiger partial charge in [0.1, 0.15) is 17.2 Å². The highest BCUT2D eigenvalue weighted by Gasteiger charge is 2.13. The van der Waals surface area contributed by atoms with Crippen molar-refractivity contribution in [3.8, 4) is 16.9 Å². The normalized spacial score (nSPS) is 15.4. The number of allylic oxidation sites excluding steroid dienone is 1. The fourth-order valence-electron chi connectivity index (χ4n) is 4.02. The van der Waals surface area contributed by atoms with Crippen molar-refractivity contribution in [3.05, 3.63) is 66.1 Å². The molecular weight excluding hydrogens is 400 g/mol. The molecule has 1 fully saturated rings. The van der Waals surface area contributed by atoms with Crippen molar-refractivity contribution in [2.24, 2.45) is 10.2 Å². The fourth-order valence-corrected chi connectivity index (χ4v) is 4.02. The van der Waals surface area contributed by atoms with E-state index in [4.69, 9.17) is 0 Å². The van der Waals surface area contributed by atoms with E-state index >= 15 is 0 Å². The van der Waals surface area contributed by atoms with Gasteiger partial charge in [0.25, 0.3) is 0 Å². The van der Waals surface area contributed by atoms with Crippen molar-refractivity contribution in [2.45, 2.75) is 27.2 Å². The second-order valence-electron chi connectivity index (χ2n) is 8.03. The number of aromatic hydroxyl groups is 1. The molecule has 0 bridgehead atoms. The fraction of sp³-hybridized carbons (Fsp3) is 0.320. The van der Waals surface area contributed by atoms with Gasteiger partial charge in [0.2, 0.25) is 0 Å². The summed E-state index contributed by atoms with van der Waals surface area (Å²) in [5, 5.41) is 22.9. The highest BCUT2D eigenvalue weighted by atomic mass is 16.3. The summed E-state index contributed by atoms with van der Waals surface area (Å²) >= 11 is 0. The maximum atomic E-state index is 10.8. The van der Waals surface area contributed by atoms with Gasteiger partial charge in [-0.2, -0.15) is 0 Å². The highest BCUT2D eigenvalue weighted by Crippen LogP contribution is 2.29. The Kier molecular flexibility index (Phi) is 6.37. The zero-order valence-corrected chi connectivity index (χ0v) is 19.0. The number of phenolic OH excluding ortho intramolecular Hbond substituents is 1. The second kappa shape index (κ2) is 9.36. The van der Waals surface area contributed by atoms with Gasteiger partial charge >= 0.3 is 0 Å². The number of imidazole rings is 1. The Labute approximate surface area is 188 Å². The third-order valence-corrected chi connectivity index (χ3v) is 5.81. The smallest absolute Gasteiger partial charge is 0.140 e. The standard InChI is InChI=1S/C25H30N6O/c1-5-19-13-21(16-31-15-17(3)27-25(19)31)20-7-8-22(24(32)14-20)23(6-2)29-28-18(4)30-11-9-26-10-12-30/h6-8,13-16,26,32H,2,5,9-12H2,1,3-4H3/b28-18+,29-23+. The minimum Gasteiger partial charge on any atom is -0.507 e. The van der Waals surface area contributed by atoms with Gasteiger partial charge in [-0.3, -0.25) is 0 Å². The quantitative estimate of drug-likeness (QED) is 0.367. The summed E-state index contributed by atoms with van der Waals surface area (Å²) in [7, 11) is 0. The molecule has 1 saturated heterocycles. The molecule has 7 nitrogen and oxygen atoms in total. The topological polar surface area (TPSA) is 77.5 Å². The third-order valence-electron chi connectivity index (χ3n) is 5.81. The van der Waals surface area contributed by atoms with E-state index in [1.807, 2.05) is 38.4 Å². The molecule has 1 aliphatic rings. The van der Waals surface area contributed by atoms with E-state index in [0.29, 0.717) is 11.3 Å². The van der Waals surface area contributed by atoms with Gasteiger partial charge in [0.05, 0.1) is 11.4 Å². The Bertz CT molecular complexity index is 1200. The molecule has 166 valence electrons. The molecule has 0 amide bonds. The number of hydrogen-bond donors (Lipinski definition) is 2. The number of nitrogens with one attached hydrogen (secondary N) is 1. The first kappa shape index (κ1) is 21.8. The number of nitrogens with zero attached hydrogens (tertiary/aromatic N) is 5. The predicted molar refractivity (Wildman–Crippen MR) is 131 cm³/mol. The number of amidine groups is 1. The second-order valence-corrected chi connectivity index (χ2v) is 8.03. The van der Waals surface area contributed by atoms with Crippen LogP contribution in [-0.2, 0) is 6.42 Å². The zero-order chi connectivity index (χ0) is 22.7. The molecule has 0 aliphatic carbocycles. The summed E-state index contributed by atoms with van der Waals surface area (Å²) in [6.45, 7) is 13.6. The van der Waals surface area contributed by atoms with Crippen molar-refractivity contribution in [1.29, 1.82) is 0 Å². The number of benzene rings is 1.